The molecule has 1 amide bonds. The largest absolute Gasteiger partial charge is 0.481 e. The van der Waals surface area contributed by atoms with Crippen LogP contribution in [0.25, 0.3) is 0 Å². The number of nitrogens with zero attached hydrogens (tertiary/aromatic N) is 1. The fourth-order valence-corrected chi connectivity index (χ4v) is 3.18. The lowest BCUT2D eigenvalue weighted by Gasteiger charge is -2.38. The van der Waals surface area contributed by atoms with E-state index in [1.165, 1.54) is 19.3 Å². The molecule has 0 aromatic rings. The molecule has 88 valence electrons. The van der Waals surface area contributed by atoms with Crippen LogP contribution >= 0.6 is 0 Å². The molecule has 0 aromatic carbocycles. The summed E-state index contributed by atoms with van der Waals surface area (Å²) in [6, 6.07) is 0. The Balaban J connectivity index is 1.59. The van der Waals surface area contributed by atoms with E-state index in [2.05, 4.69) is 0 Å². The van der Waals surface area contributed by atoms with Crippen molar-refractivity contribution in [1.29, 1.82) is 0 Å². The Kier molecular flexibility index (Phi) is 2.03. The molecule has 3 fully saturated rings. The lowest BCUT2D eigenvalue weighted by Crippen LogP contribution is -2.36. The molecule has 1 spiro atoms. The van der Waals surface area contributed by atoms with Gasteiger partial charge in [-0.15, -0.1) is 0 Å². The van der Waals surface area contributed by atoms with Gasteiger partial charge >= 0.3 is 5.97 Å². The topological polar surface area (TPSA) is 57.6 Å². The summed E-state index contributed by atoms with van der Waals surface area (Å²) in [5, 5.41) is 8.80. The summed E-state index contributed by atoms with van der Waals surface area (Å²) in [7, 11) is 0. The normalized spacial score (nSPS) is 34.9. The fraction of sp³-hybridized carbons (Fsp3) is 0.833. The summed E-state index contributed by atoms with van der Waals surface area (Å²) < 4.78 is 0. The van der Waals surface area contributed by atoms with Crippen LogP contribution in [-0.2, 0) is 9.59 Å². The predicted molar refractivity (Wildman–Crippen MR) is 56.7 cm³/mol. The molecule has 3 rings (SSSR count). The van der Waals surface area contributed by atoms with Crippen molar-refractivity contribution in [3.05, 3.63) is 0 Å². The third-order valence-corrected chi connectivity index (χ3v) is 4.59. The van der Waals surface area contributed by atoms with Crippen molar-refractivity contribution in [3.63, 3.8) is 0 Å². The van der Waals surface area contributed by atoms with Crippen molar-refractivity contribution in [2.45, 2.75) is 32.1 Å². The average molecular weight is 223 g/mol. The number of carbonyl (C=O) groups excluding carboxylic acids is 1. The van der Waals surface area contributed by atoms with Gasteiger partial charge in [-0.2, -0.15) is 0 Å². The van der Waals surface area contributed by atoms with Crippen LogP contribution in [0.3, 0.4) is 0 Å². The van der Waals surface area contributed by atoms with Crippen LogP contribution in [0, 0.1) is 17.3 Å². The van der Waals surface area contributed by atoms with Crippen LogP contribution in [0.4, 0.5) is 0 Å². The molecule has 1 heterocycles. The summed E-state index contributed by atoms with van der Waals surface area (Å²) in [6.07, 6.45) is 5.48. The average Bonchev–Trinajstić information content (AvgIpc) is 2.86. The molecule has 2 atom stereocenters. The van der Waals surface area contributed by atoms with Crippen LogP contribution in [0.1, 0.15) is 32.1 Å². The van der Waals surface area contributed by atoms with Crippen molar-refractivity contribution < 1.29 is 14.7 Å². The Hall–Kier alpha value is -1.06. The minimum Gasteiger partial charge on any atom is -0.481 e. The van der Waals surface area contributed by atoms with Gasteiger partial charge in [-0.3, -0.25) is 9.59 Å². The van der Waals surface area contributed by atoms with Crippen molar-refractivity contribution in [2.75, 3.05) is 13.1 Å². The lowest BCUT2D eigenvalue weighted by atomic mass is 9.68. The summed E-state index contributed by atoms with van der Waals surface area (Å²) in [5.41, 5.74) is 0.420. The van der Waals surface area contributed by atoms with E-state index in [0.717, 1.165) is 19.5 Å². The van der Waals surface area contributed by atoms with E-state index in [1.54, 1.807) is 0 Å². The highest BCUT2D eigenvalue weighted by Gasteiger charge is 2.52. The molecule has 1 saturated heterocycles. The zero-order chi connectivity index (χ0) is 11.3. The number of aliphatic carboxylic acids is 1. The Morgan fingerprint density at radius 3 is 2.38 bits per heavy atom. The number of carbonyl (C=O) groups is 2. The number of carboxylic acids is 1. The van der Waals surface area contributed by atoms with Gasteiger partial charge in [-0.25, -0.2) is 0 Å². The number of hydrogen-bond donors (Lipinski definition) is 1. The highest BCUT2D eigenvalue weighted by Crippen LogP contribution is 2.49. The number of carboxylic acid groups (broad SMARTS) is 1. The van der Waals surface area contributed by atoms with Crippen molar-refractivity contribution >= 4 is 11.9 Å². The van der Waals surface area contributed by atoms with E-state index in [9.17, 15) is 9.59 Å². The monoisotopic (exact) mass is 223 g/mol. The summed E-state index contributed by atoms with van der Waals surface area (Å²) in [6.45, 7) is 1.73. The number of rotatable bonds is 2. The van der Waals surface area contributed by atoms with E-state index in [4.69, 9.17) is 5.11 Å². The van der Waals surface area contributed by atoms with Crippen LogP contribution in [0.2, 0.25) is 0 Å². The maximum atomic E-state index is 12.0. The van der Waals surface area contributed by atoms with Gasteiger partial charge in [0.1, 0.15) is 0 Å². The van der Waals surface area contributed by atoms with E-state index in [-0.39, 0.29) is 11.8 Å². The second-order valence-electron chi connectivity index (χ2n) is 5.65. The van der Waals surface area contributed by atoms with Crippen LogP contribution in [0.5, 0.6) is 0 Å². The van der Waals surface area contributed by atoms with Gasteiger partial charge in [0.05, 0.1) is 11.8 Å². The van der Waals surface area contributed by atoms with Gasteiger partial charge in [0.25, 0.3) is 0 Å². The highest BCUT2D eigenvalue weighted by atomic mass is 16.4. The Labute approximate surface area is 94.6 Å². The first-order valence-electron chi connectivity index (χ1n) is 6.13. The molecule has 4 heteroatoms. The second-order valence-corrected chi connectivity index (χ2v) is 5.65. The Morgan fingerprint density at radius 2 is 1.94 bits per heavy atom. The van der Waals surface area contributed by atoms with Gasteiger partial charge in [0, 0.05) is 13.1 Å². The summed E-state index contributed by atoms with van der Waals surface area (Å²) in [5.74, 6) is -1.33. The molecular weight excluding hydrogens is 206 g/mol. The standard InChI is InChI=1S/C12H17NO3/c14-10(8-6-9(8)11(15)16)13-5-4-12(7-13)2-1-3-12/h8-9H,1-7H2,(H,15,16). The van der Waals surface area contributed by atoms with Crippen molar-refractivity contribution in [1.82, 2.24) is 4.90 Å². The fourth-order valence-electron chi connectivity index (χ4n) is 3.18. The number of hydrogen-bond acceptors (Lipinski definition) is 2. The van der Waals surface area contributed by atoms with Crippen LogP contribution < -0.4 is 0 Å². The van der Waals surface area contributed by atoms with Gasteiger partial charge in [-0.05, 0) is 31.1 Å². The van der Waals surface area contributed by atoms with E-state index >= 15 is 0 Å². The van der Waals surface area contributed by atoms with Gasteiger partial charge in [-0.1, -0.05) is 6.42 Å². The maximum absolute atomic E-state index is 12.0. The van der Waals surface area contributed by atoms with Crippen LogP contribution in [0.15, 0.2) is 0 Å². The number of amides is 1. The van der Waals surface area contributed by atoms with Gasteiger partial charge in [0.15, 0.2) is 0 Å². The molecule has 4 nitrogen and oxygen atoms in total. The quantitative estimate of drug-likeness (QED) is 0.763. The minimum atomic E-state index is -0.809. The molecule has 0 bridgehead atoms. The van der Waals surface area contributed by atoms with Gasteiger partial charge < -0.3 is 10.0 Å². The third kappa shape index (κ3) is 1.43. The molecule has 2 saturated carbocycles. The lowest BCUT2D eigenvalue weighted by molar-refractivity contribution is -0.141. The Bertz CT molecular complexity index is 348. The van der Waals surface area contributed by atoms with E-state index in [1.807, 2.05) is 4.90 Å². The third-order valence-electron chi connectivity index (χ3n) is 4.59. The smallest absolute Gasteiger partial charge is 0.307 e. The minimum absolute atomic E-state index is 0.0937. The molecule has 3 aliphatic rings. The maximum Gasteiger partial charge on any atom is 0.307 e. The van der Waals surface area contributed by atoms with E-state index in [0.29, 0.717) is 11.8 Å². The summed E-state index contributed by atoms with van der Waals surface area (Å²) in [4.78, 5) is 24.6. The molecule has 0 radical (unpaired) electrons. The van der Waals surface area contributed by atoms with Gasteiger partial charge in [0.2, 0.25) is 5.91 Å². The summed E-state index contributed by atoms with van der Waals surface area (Å²) >= 11 is 0. The highest BCUT2D eigenvalue weighted by molar-refractivity contribution is 5.89. The Morgan fingerprint density at radius 1 is 1.19 bits per heavy atom. The molecule has 2 aliphatic carbocycles. The van der Waals surface area contributed by atoms with Crippen molar-refractivity contribution in [2.24, 2.45) is 17.3 Å². The first-order valence-corrected chi connectivity index (χ1v) is 6.13. The first-order chi connectivity index (χ1) is 7.61. The number of likely N-dealkylation sites (tertiary alicyclic amines) is 1. The van der Waals surface area contributed by atoms with E-state index < -0.39 is 11.9 Å². The zero-order valence-electron chi connectivity index (χ0n) is 9.32. The molecule has 1 aliphatic heterocycles. The predicted octanol–water partition coefficient (Wildman–Crippen LogP) is 1.11. The molecule has 2 unspecified atom stereocenters. The van der Waals surface area contributed by atoms with Crippen molar-refractivity contribution in [3.8, 4) is 0 Å². The first kappa shape index (κ1) is 10.1. The molecule has 16 heavy (non-hydrogen) atoms. The van der Waals surface area contributed by atoms with Crippen LogP contribution in [-0.4, -0.2) is 35.0 Å². The zero-order valence-corrected chi connectivity index (χ0v) is 9.32. The molecular formula is C12H17NO3. The molecule has 1 N–H and O–H groups in total. The second kappa shape index (κ2) is 3.22. The molecule has 0 aromatic heterocycles. The SMILES string of the molecule is O=C(O)C1CC1C(=O)N1CCC2(CCC2)C1.